The molecule has 0 bridgehead atoms. The molecule has 1 aliphatic carbocycles. The highest BCUT2D eigenvalue weighted by Crippen LogP contribution is 2.35. The van der Waals surface area contributed by atoms with Gasteiger partial charge in [-0.25, -0.2) is 4.39 Å². The SMILES string of the molecule is CC1CCCC(CNC(C)c2ccc(F)cn2)(N(C)C)C1. The Balaban J connectivity index is 2.00. The molecule has 0 spiro atoms. The molecule has 21 heavy (non-hydrogen) atoms. The van der Waals surface area contributed by atoms with Crippen molar-refractivity contribution in [3.05, 3.63) is 29.8 Å². The van der Waals surface area contributed by atoms with Crippen molar-refractivity contribution in [3.8, 4) is 0 Å². The first-order valence-electron chi connectivity index (χ1n) is 7.95. The third-order valence-electron chi connectivity index (χ3n) is 4.95. The molecule has 1 fully saturated rings. The Hall–Kier alpha value is -1.00. The number of rotatable bonds is 5. The molecular weight excluding hydrogens is 265 g/mol. The summed E-state index contributed by atoms with van der Waals surface area (Å²) in [4.78, 5) is 6.55. The van der Waals surface area contributed by atoms with E-state index in [4.69, 9.17) is 0 Å². The van der Waals surface area contributed by atoms with Crippen LogP contribution in [-0.4, -0.2) is 36.1 Å². The van der Waals surface area contributed by atoms with Gasteiger partial charge < -0.3 is 10.2 Å². The van der Waals surface area contributed by atoms with Crippen molar-refractivity contribution >= 4 is 0 Å². The zero-order chi connectivity index (χ0) is 15.5. The van der Waals surface area contributed by atoms with E-state index in [1.54, 1.807) is 6.07 Å². The van der Waals surface area contributed by atoms with Gasteiger partial charge in [0, 0.05) is 18.1 Å². The summed E-state index contributed by atoms with van der Waals surface area (Å²) in [6.45, 7) is 5.39. The van der Waals surface area contributed by atoms with Crippen molar-refractivity contribution in [1.82, 2.24) is 15.2 Å². The van der Waals surface area contributed by atoms with E-state index in [0.29, 0.717) is 0 Å². The second kappa shape index (κ2) is 6.84. The molecule has 0 amide bonds. The molecule has 3 atom stereocenters. The summed E-state index contributed by atoms with van der Waals surface area (Å²) in [5.74, 6) is 0.499. The molecule has 118 valence electrons. The highest BCUT2D eigenvalue weighted by atomic mass is 19.1. The van der Waals surface area contributed by atoms with Crippen molar-refractivity contribution in [3.63, 3.8) is 0 Å². The fourth-order valence-electron chi connectivity index (χ4n) is 3.45. The van der Waals surface area contributed by atoms with Gasteiger partial charge >= 0.3 is 0 Å². The van der Waals surface area contributed by atoms with Crippen molar-refractivity contribution < 1.29 is 4.39 Å². The van der Waals surface area contributed by atoms with Gasteiger partial charge in [-0.2, -0.15) is 0 Å². The fraction of sp³-hybridized carbons (Fsp3) is 0.706. The number of likely N-dealkylation sites (N-methyl/N-ethyl adjacent to an activating group) is 1. The number of hydrogen-bond donors (Lipinski definition) is 1. The second-order valence-corrected chi connectivity index (χ2v) is 6.82. The van der Waals surface area contributed by atoms with Crippen LogP contribution in [0.1, 0.15) is 51.3 Å². The standard InChI is InChI=1S/C17H28FN3/c1-13-6-5-9-17(10-13,21(3)4)12-20-14(2)16-8-7-15(18)11-19-16/h7-8,11,13-14,20H,5-6,9-10,12H2,1-4H3. The van der Waals surface area contributed by atoms with E-state index in [1.165, 1.54) is 37.9 Å². The molecule has 1 aliphatic rings. The zero-order valence-electron chi connectivity index (χ0n) is 13.7. The number of aromatic nitrogens is 1. The van der Waals surface area contributed by atoms with Crippen LogP contribution in [0, 0.1) is 11.7 Å². The van der Waals surface area contributed by atoms with E-state index in [0.717, 1.165) is 18.2 Å². The van der Waals surface area contributed by atoms with Crippen LogP contribution in [0.5, 0.6) is 0 Å². The molecule has 1 saturated carbocycles. The zero-order valence-corrected chi connectivity index (χ0v) is 13.7. The molecule has 0 radical (unpaired) electrons. The van der Waals surface area contributed by atoms with E-state index >= 15 is 0 Å². The van der Waals surface area contributed by atoms with E-state index in [1.807, 2.05) is 0 Å². The lowest BCUT2D eigenvalue weighted by molar-refractivity contribution is 0.0727. The Bertz CT molecular complexity index is 446. The van der Waals surface area contributed by atoms with Gasteiger partial charge in [0.25, 0.3) is 0 Å². The minimum atomic E-state index is -0.281. The Kier molecular flexibility index (Phi) is 5.33. The summed E-state index contributed by atoms with van der Waals surface area (Å²) in [6, 6.07) is 3.38. The summed E-state index contributed by atoms with van der Waals surface area (Å²) in [5.41, 5.74) is 1.13. The first-order valence-corrected chi connectivity index (χ1v) is 7.95. The van der Waals surface area contributed by atoms with Crippen LogP contribution in [0.25, 0.3) is 0 Å². The summed E-state index contributed by atoms with van der Waals surface area (Å²) in [6.07, 6.45) is 6.39. The normalized spacial score (nSPS) is 27.8. The predicted molar refractivity (Wildman–Crippen MR) is 84.7 cm³/mol. The van der Waals surface area contributed by atoms with Gasteiger partial charge in [-0.1, -0.05) is 19.8 Å². The third-order valence-corrected chi connectivity index (χ3v) is 4.95. The van der Waals surface area contributed by atoms with Gasteiger partial charge in [-0.3, -0.25) is 4.98 Å². The molecule has 1 aromatic rings. The monoisotopic (exact) mass is 293 g/mol. The van der Waals surface area contributed by atoms with Crippen molar-refractivity contribution in [2.45, 2.75) is 51.1 Å². The minimum Gasteiger partial charge on any atom is -0.307 e. The lowest BCUT2D eigenvalue weighted by atomic mass is 9.75. The molecule has 1 aromatic heterocycles. The Labute approximate surface area is 127 Å². The highest BCUT2D eigenvalue weighted by molar-refractivity contribution is 5.09. The maximum atomic E-state index is 12.9. The molecule has 3 nitrogen and oxygen atoms in total. The first kappa shape index (κ1) is 16.4. The second-order valence-electron chi connectivity index (χ2n) is 6.82. The van der Waals surface area contributed by atoms with Crippen molar-refractivity contribution in [2.75, 3.05) is 20.6 Å². The lowest BCUT2D eigenvalue weighted by Gasteiger charge is -2.46. The predicted octanol–water partition coefficient (Wildman–Crippen LogP) is 3.38. The topological polar surface area (TPSA) is 28.2 Å². The first-order chi connectivity index (χ1) is 9.93. The van der Waals surface area contributed by atoms with E-state index in [-0.39, 0.29) is 17.4 Å². The number of hydrogen-bond acceptors (Lipinski definition) is 3. The smallest absolute Gasteiger partial charge is 0.141 e. The molecule has 1 N–H and O–H groups in total. The molecule has 0 aromatic carbocycles. The van der Waals surface area contributed by atoms with Gasteiger partial charge in [0.15, 0.2) is 0 Å². The van der Waals surface area contributed by atoms with Crippen LogP contribution < -0.4 is 5.32 Å². The molecule has 0 aliphatic heterocycles. The van der Waals surface area contributed by atoms with E-state index < -0.39 is 0 Å². The van der Waals surface area contributed by atoms with E-state index in [9.17, 15) is 4.39 Å². The van der Waals surface area contributed by atoms with Crippen LogP contribution in [0.2, 0.25) is 0 Å². The van der Waals surface area contributed by atoms with Gasteiger partial charge in [0.1, 0.15) is 5.82 Å². The summed E-state index contributed by atoms with van der Waals surface area (Å²) < 4.78 is 12.9. The van der Waals surface area contributed by atoms with Crippen LogP contribution >= 0.6 is 0 Å². The quantitative estimate of drug-likeness (QED) is 0.902. The average molecular weight is 293 g/mol. The Morgan fingerprint density at radius 3 is 2.81 bits per heavy atom. The average Bonchev–Trinajstić information content (AvgIpc) is 2.45. The minimum absolute atomic E-state index is 0.139. The van der Waals surface area contributed by atoms with Gasteiger partial charge in [-0.15, -0.1) is 0 Å². The number of nitrogens with one attached hydrogen (secondary N) is 1. The van der Waals surface area contributed by atoms with Crippen molar-refractivity contribution in [1.29, 1.82) is 0 Å². The number of nitrogens with zero attached hydrogens (tertiary/aromatic N) is 2. The van der Waals surface area contributed by atoms with Gasteiger partial charge in [0.2, 0.25) is 0 Å². The maximum absolute atomic E-state index is 12.9. The Morgan fingerprint density at radius 2 is 2.24 bits per heavy atom. The third kappa shape index (κ3) is 4.01. The molecular formula is C17H28FN3. The summed E-state index contributed by atoms with van der Waals surface area (Å²) >= 11 is 0. The van der Waals surface area contributed by atoms with Crippen LogP contribution in [0.4, 0.5) is 4.39 Å². The van der Waals surface area contributed by atoms with Gasteiger partial charge in [0.05, 0.1) is 11.9 Å². The highest BCUT2D eigenvalue weighted by Gasteiger charge is 2.36. The lowest BCUT2D eigenvalue weighted by Crippen LogP contribution is -2.54. The fourth-order valence-corrected chi connectivity index (χ4v) is 3.45. The molecule has 0 saturated heterocycles. The summed E-state index contributed by atoms with van der Waals surface area (Å²) in [5, 5.41) is 3.60. The molecule has 1 heterocycles. The molecule has 3 unspecified atom stereocenters. The van der Waals surface area contributed by atoms with Crippen LogP contribution in [-0.2, 0) is 0 Å². The molecule has 4 heteroatoms. The van der Waals surface area contributed by atoms with Crippen molar-refractivity contribution in [2.24, 2.45) is 5.92 Å². The maximum Gasteiger partial charge on any atom is 0.141 e. The van der Waals surface area contributed by atoms with Crippen LogP contribution in [0.15, 0.2) is 18.3 Å². The van der Waals surface area contributed by atoms with E-state index in [2.05, 4.69) is 43.1 Å². The summed E-state index contributed by atoms with van der Waals surface area (Å²) in [7, 11) is 4.36. The van der Waals surface area contributed by atoms with Gasteiger partial charge in [-0.05, 0) is 51.9 Å². The van der Waals surface area contributed by atoms with Crippen LogP contribution in [0.3, 0.4) is 0 Å². The molecule has 2 rings (SSSR count). The largest absolute Gasteiger partial charge is 0.307 e. The number of halogens is 1. The number of pyridine rings is 1. The Morgan fingerprint density at radius 1 is 1.48 bits per heavy atom.